The standard InChI is InChI=1S/C13H19BrFN/c1-9(2)10(3)16(4)13-7-5-6-12(15)11(13)8-14/h5-7,9-10H,8H2,1-4H3. The third-order valence-electron chi connectivity index (χ3n) is 3.18. The van der Waals surface area contributed by atoms with Crippen molar-refractivity contribution in [2.24, 2.45) is 5.92 Å². The highest BCUT2D eigenvalue weighted by atomic mass is 79.9. The van der Waals surface area contributed by atoms with E-state index in [0.717, 1.165) is 11.3 Å². The zero-order valence-corrected chi connectivity index (χ0v) is 11.9. The number of hydrogen-bond acceptors (Lipinski definition) is 1. The minimum absolute atomic E-state index is 0.141. The highest BCUT2D eigenvalue weighted by Crippen LogP contribution is 2.27. The van der Waals surface area contributed by atoms with Crippen LogP contribution in [-0.4, -0.2) is 13.1 Å². The van der Waals surface area contributed by atoms with Crippen molar-refractivity contribution in [3.05, 3.63) is 29.6 Å². The largest absolute Gasteiger partial charge is 0.371 e. The van der Waals surface area contributed by atoms with E-state index < -0.39 is 0 Å². The van der Waals surface area contributed by atoms with Gasteiger partial charge < -0.3 is 4.90 Å². The van der Waals surface area contributed by atoms with Crippen LogP contribution in [0.2, 0.25) is 0 Å². The van der Waals surface area contributed by atoms with Gasteiger partial charge in [0.2, 0.25) is 0 Å². The van der Waals surface area contributed by atoms with E-state index in [1.165, 1.54) is 6.07 Å². The first-order valence-corrected chi connectivity index (χ1v) is 6.67. The van der Waals surface area contributed by atoms with E-state index in [4.69, 9.17) is 0 Å². The Labute approximate surface area is 106 Å². The fraction of sp³-hybridized carbons (Fsp3) is 0.538. The molecule has 0 radical (unpaired) electrons. The zero-order valence-electron chi connectivity index (χ0n) is 10.3. The summed E-state index contributed by atoms with van der Waals surface area (Å²) in [4.78, 5) is 2.14. The van der Waals surface area contributed by atoms with Crippen LogP contribution in [0.3, 0.4) is 0 Å². The van der Waals surface area contributed by atoms with Crippen molar-refractivity contribution in [2.45, 2.75) is 32.1 Å². The number of halogens is 2. The lowest BCUT2D eigenvalue weighted by atomic mass is 10.0. The molecular weight excluding hydrogens is 269 g/mol. The lowest BCUT2D eigenvalue weighted by Gasteiger charge is -2.31. The first-order chi connectivity index (χ1) is 7.49. The van der Waals surface area contributed by atoms with Crippen molar-refractivity contribution in [1.29, 1.82) is 0 Å². The maximum atomic E-state index is 13.6. The van der Waals surface area contributed by atoms with Crippen LogP contribution in [0, 0.1) is 11.7 Å². The van der Waals surface area contributed by atoms with Gasteiger partial charge in [0.15, 0.2) is 0 Å². The molecule has 0 spiro atoms. The number of alkyl halides is 1. The van der Waals surface area contributed by atoms with Crippen LogP contribution >= 0.6 is 15.9 Å². The molecule has 0 aliphatic heterocycles. The molecule has 0 fully saturated rings. The second-order valence-corrected chi connectivity index (χ2v) is 5.03. The zero-order chi connectivity index (χ0) is 12.3. The Hall–Kier alpha value is -0.570. The molecule has 16 heavy (non-hydrogen) atoms. The summed E-state index contributed by atoms with van der Waals surface area (Å²) < 4.78 is 13.6. The summed E-state index contributed by atoms with van der Waals surface area (Å²) in [6.45, 7) is 6.51. The quantitative estimate of drug-likeness (QED) is 0.750. The number of nitrogens with zero attached hydrogens (tertiary/aromatic N) is 1. The van der Waals surface area contributed by atoms with Gasteiger partial charge in [-0.25, -0.2) is 4.39 Å². The Morgan fingerprint density at radius 2 is 1.94 bits per heavy atom. The topological polar surface area (TPSA) is 3.24 Å². The first-order valence-electron chi connectivity index (χ1n) is 5.55. The summed E-state index contributed by atoms with van der Waals surface area (Å²) in [6.07, 6.45) is 0. The van der Waals surface area contributed by atoms with Gasteiger partial charge in [-0.3, -0.25) is 0 Å². The smallest absolute Gasteiger partial charge is 0.129 e. The van der Waals surface area contributed by atoms with Crippen LogP contribution in [0.4, 0.5) is 10.1 Å². The van der Waals surface area contributed by atoms with Crippen LogP contribution in [0.5, 0.6) is 0 Å². The van der Waals surface area contributed by atoms with E-state index in [-0.39, 0.29) is 5.82 Å². The molecule has 0 N–H and O–H groups in total. The molecule has 0 saturated heterocycles. The monoisotopic (exact) mass is 287 g/mol. The Kier molecular flexibility index (Phi) is 4.78. The average Bonchev–Trinajstić information content (AvgIpc) is 2.26. The second kappa shape index (κ2) is 5.67. The molecule has 0 saturated carbocycles. The fourth-order valence-electron chi connectivity index (χ4n) is 1.68. The van der Waals surface area contributed by atoms with E-state index in [1.54, 1.807) is 6.07 Å². The van der Waals surface area contributed by atoms with E-state index in [9.17, 15) is 4.39 Å². The van der Waals surface area contributed by atoms with Crippen molar-refractivity contribution in [3.63, 3.8) is 0 Å². The lowest BCUT2D eigenvalue weighted by Crippen LogP contribution is -2.33. The molecule has 0 amide bonds. The van der Waals surface area contributed by atoms with Gasteiger partial charge in [-0.05, 0) is 25.0 Å². The molecule has 0 aromatic heterocycles. The van der Waals surface area contributed by atoms with E-state index in [1.807, 2.05) is 13.1 Å². The predicted molar refractivity (Wildman–Crippen MR) is 71.7 cm³/mol. The third-order valence-corrected chi connectivity index (χ3v) is 3.74. The first kappa shape index (κ1) is 13.5. The minimum atomic E-state index is -0.141. The summed E-state index contributed by atoms with van der Waals surface area (Å²) in [5, 5.41) is 0.546. The van der Waals surface area contributed by atoms with Gasteiger partial charge in [0.25, 0.3) is 0 Å². The van der Waals surface area contributed by atoms with Gasteiger partial charge in [0.1, 0.15) is 5.82 Å². The van der Waals surface area contributed by atoms with Crippen molar-refractivity contribution in [2.75, 3.05) is 11.9 Å². The van der Waals surface area contributed by atoms with Crippen molar-refractivity contribution in [1.82, 2.24) is 0 Å². The summed E-state index contributed by atoms with van der Waals surface area (Å²) in [5.41, 5.74) is 1.70. The summed E-state index contributed by atoms with van der Waals surface area (Å²) in [6, 6.07) is 5.63. The number of hydrogen-bond donors (Lipinski definition) is 0. The summed E-state index contributed by atoms with van der Waals surface area (Å²) in [5.74, 6) is 0.397. The maximum absolute atomic E-state index is 13.6. The molecule has 0 bridgehead atoms. The van der Waals surface area contributed by atoms with Gasteiger partial charge in [0, 0.05) is 29.7 Å². The number of anilines is 1. The lowest BCUT2D eigenvalue weighted by molar-refractivity contribution is 0.503. The molecule has 1 nitrogen and oxygen atoms in total. The van der Waals surface area contributed by atoms with Crippen LogP contribution < -0.4 is 4.90 Å². The van der Waals surface area contributed by atoms with Crippen molar-refractivity contribution in [3.8, 4) is 0 Å². The molecule has 0 heterocycles. The fourth-order valence-corrected chi connectivity index (χ4v) is 2.23. The van der Waals surface area contributed by atoms with Crippen LogP contribution in [0.15, 0.2) is 18.2 Å². The predicted octanol–water partition coefficient (Wildman–Crippen LogP) is 4.20. The van der Waals surface area contributed by atoms with Crippen LogP contribution in [0.1, 0.15) is 26.3 Å². The molecule has 0 aliphatic rings. The third kappa shape index (κ3) is 2.76. The average molecular weight is 288 g/mol. The molecule has 1 unspecified atom stereocenters. The van der Waals surface area contributed by atoms with Crippen LogP contribution in [-0.2, 0) is 5.33 Å². The molecule has 3 heteroatoms. The van der Waals surface area contributed by atoms with Crippen molar-refractivity contribution >= 4 is 21.6 Å². The highest BCUT2D eigenvalue weighted by Gasteiger charge is 2.17. The SMILES string of the molecule is CC(C)C(C)N(C)c1cccc(F)c1CBr. The van der Waals surface area contributed by atoms with E-state index >= 15 is 0 Å². The van der Waals surface area contributed by atoms with Gasteiger partial charge in [-0.15, -0.1) is 0 Å². The Bertz CT molecular complexity index is 352. The number of rotatable bonds is 4. The van der Waals surface area contributed by atoms with Gasteiger partial charge >= 0.3 is 0 Å². The van der Waals surface area contributed by atoms with Crippen molar-refractivity contribution < 1.29 is 4.39 Å². The molecule has 0 aliphatic carbocycles. The van der Waals surface area contributed by atoms with E-state index in [2.05, 4.69) is 41.6 Å². The normalized spacial score (nSPS) is 12.9. The Balaban J connectivity index is 3.08. The maximum Gasteiger partial charge on any atom is 0.129 e. The number of benzene rings is 1. The molecular formula is C13H19BrFN. The summed E-state index contributed by atoms with van der Waals surface area (Å²) in [7, 11) is 2.02. The highest BCUT2D eigenvalue weighted by molar-refractivity contribution is 9.08. The molecule has 1 rings (SSSR count). The molecule has 1 aromatic carbocycles. The van der Waals surface area contributed by atoms with Crippen LogP contribution in [0.25, 0.3) is 0 Å². The summed E-state index contributed by atoms with van der Waals surface area (Å²) >= 11 is 3.35. The Morgan fingerprint density at radius 3 is 2.44 bits per heavy atom. The second-order valence-electron chi connectivity index (χ2n) is 4.47. The van der Waals surface area contributed by atoms with Gasteiger partial charge in [-0.2, -0.15) is 0 Å². The molecule has 90 valence electrons. The molecule has 1 aromatic rings. The Morgan fingerprint density at radius 1 is 1.31 bits per heavy atom. The van der Waals surface area contributed by atoms with E-state index in [0.29, 0.717) is 17.3 Å². The molecule has 1 atom stereocenters. The minimum Gasteiger partial charge on any atom is -0.371 e. The van der Waals surface area contributed by atoms with Gasteiger partial charge in [-0.1, -0.05) is 35.8 Å². The van der Waals surface area contributed by atoms with Gasteiger partial charge in [0.05, 0.1) is 0 Å².